The number of likely N-dealkylation sites (N-methyl/N-ethyl adjacent to an activating group) is 1. The smallest absolute Gasteiger partial charge is 0.315 e. The van der Waals surface area contributed by atoms with Gasteiger partial charge in [-0.15, -0.1) is 6.58 Å². The van der Waals surface area contributed by atoms with Gasteiger partial charge < -0.3 is 26.2 Å². The maximum absolute atomic E-state index is 14.9. The number of benzene rings is 1. The number of hydrogen-bond donors (Lipinski definition) is 4. The number of nitrogens with one attached hydrogen (secondary N) is 4. The molecule has 4 rings (SSSR count). The van der Waals surface area contributed by atoms with Crippen LogP contribution in [0.25, 0.3) is 0 Å². The number of urea groups is 1. The van der Waals surface area contributed by atoms with Crippen LogP contribution in [0.3, 0.4) is 0 Å². The Balaban J connectivity index is 1.64. The number of nitrogens with zero attached hydrogens (tertiary/aromatic N) is 3. The van der Waals surface area contributed by atoms with Gasteiger partial charge in [0.1, 0.15) is 18.1 Å². The quantitative estimate of drug-likeness (QED) is 0.139. The third kappa shape index (κ3) is 11.3. The van der Waals surface area contributed by atoms with Crippen LogP contribution in [-0.4, -0.2) is 116 Å². The first-order valence-electron chi connectivity index (χ1n) is 19.3. The van der Waals surface area contributed by atoms with Crippen molar-refractivity contribution in [3.63, 3.8) is 0 Å². The summed E-state index contributed by atoms with van der Waals surface area (Å²) in [6.45, 7) is 13.7. The summed E-state index contributed by atoms with van der Waals surface area (Å²) < 4.78 is 28.1. The second-order valence-electron chi connectivity index (χ2n) is 16.9. The van der Waals surface area contributed by atoms with Crippen molar-refractivity contribution in [2.45, 2.75) is 97.3 Å². The van der Waals surface area contributed by atoms with Crippen molar-refractivity contribution in [2.24, 2.45) is 23.2 Å². The average molecular weight is 784 g/mol. The van der Waals surface area contributed by atoms with E-state index in [0.717, 1.165) is 33.8 Å². The zero-order chi connectivity index (χ0) is 40.8. The summed E-state index contributed by atoms with van der Waals surface area (Å²) in [7, 11) is 0.563. The fourth-order valence-electron chi connectivity index (χ4n) is 7.50. The lowest BCUT2D eigenvalue weighted by Gasteiger charge is -2.36. The number of Topliss-reactive ketones (excluding diaryl/α,β-unsaturated/α-hetero) is 1. The summed E-state index contributed by atoms with van der Waals surface area (Å²) in [5.41, 5.74) is 2.55. The van der Waals surface area contributed by atoms with Gasteiger partial charge in [0, 0.05) is 46.8 Å². The monoisotopic (exact) mass is 783 g/mol. The Hall–Kier alpha value is -4.08. The van der Waals surface area contributed by atoms with Crippen molar-refractivity contribution in [1.29, 1.82) is 0 Å². The number of allylic oxidation sites excluding steroid dienone is 1. The molecule has 15 heteroatoms. The highest BCUT2D eigenvalue weighted by Crippen LogP contribution is 2.35. The molecule has 3 aliphatic rings. The van der Waals surface area contributed by atoms with E-state index in [1.54, 1.807) is 11.0 Å². The first-order chi connectivity index (χ1) is 25.7. The van der Waals surface area contributed by atoms with E-state index in [1.807, 2.05) is 58.9 Å². The van der Waals surface area contributed by atoms with Crippen molar-refractivity contribution in [2.75, 3.05) is 40.8 Å². The second kappa shape index (κ2) is 18.2. The maximum atomic E-state index is 14.9. The van der Waals surface area contributed by atoms with E-state index >= 15 is 0 Å². The average Bonchev–Trinajstić information content (AvgIpc) is 3.67. The number of hydrogen-bond acceptors (Lipinski definition) is 7. The Morgan fingerprint density at radius 2 is 1.60 bits per heavy atom. The molecule has 14 nitrogen and oxygen atoms in total. The van der Waals surface area contributed by atoms with E-state index in [2.05, 4.69) is 27.8 Å². The SMILES string of the molecule is C=CCNC(=O)C(=O)[C@H](C=C1CC1)NC(=O)[C@@H]1[C@@H](CC(C)C)CCN1C(=O)[C@@H](NC(=O)N[C@H](CN(C)S(=O)(=O)N(C)C)C(C)(C)C)C1Cc2ccccc2C1. The predicted molar refractivity (Wildman–Crippen MR) is 212 cm³/mol. The standard InChI is InChI=1S/C40H61N7O7S/c1-10-18-41-37(50)35(48)31(21-26-15-16-26)42-36(49)34-29(20-25(2)3)17-19-47(34)38(51)33(30-22-27-13-11-12-14-28(27)23-30)44-39(52)43-32(40(4,5)6)24-46(9)55(53,54)45(7)8/h10-14,21,25,29-34H,1,15-20,22-24H2,2-9H3,(H,41,50)(H,42,49)(H2,43,44,52)/t29-,31+,32-,33+,34+/m1/s1. The molecule has 1 aliphatic heterocycles. The van der Waals surface area contributed by atoms with E-state index in [-0.39, 0.29) is 37.4 Å². The lowest BCUT2D eigenvalue weighted by Crippen LogP contribution is -2.61. The predicted octanol–water partition coefficient (Wildman–Crippen LogP) is 2.56. The molecule has 0 bridgehead atoms. The van der Waals surface area contributed by atoms with Crippen LogP contribution in [0.5, 0.6) is 0 Å². The molecule has 55 heavy (non-hydrogen) atoms. The van der Waals surface area contributed by atoms with Gasteiger partial charge in [-0.3, -0.25) is 19.2 Å². The van der Waals surface area contributed by atoms with E-state index in [0.29, 0.717) is 25.7 Å². The van der Waals surface area contributed by atoms with Crippen LogP contribution in [0.1, 0.15) is 71.4 Å². The molecule has 1 aromatic rings. The van der Waals surface area contributed by atoms with Crippen LogP contribution in [0, 0.1) is 23.2 Å². The third-order valence-corrected chi connectivity index (χ3v) is 12.6. The summed E-state index contributed by atoms with van der Waals surface area (Å²) in [5, 5.41) is 11.3. The summed E-state index contributed by atoms with van der Waals surface area (Å²) in [4.78, 5) is 70.8. The summed E-state index contributed by atoms with van der Waals surface area (Å²) in [5.74, 6) is -2.92. The highest BCUT2D eigenvalue weighted by Gasteiger charge is 2.47. The van der Waals surface area contributed by atoms with Gasteiger partial charge in [0.05, 0.1) is 0 Å². The topological polar surface area (TPSA) is 177 Å². The molecule has 0 aromatic heterocycles. The van der Waals surface area contributed by atoms with Crippen molar-refractivity contribution < 1.29 is 32.4 Å². The van der Waals surface area contributed by atoms with Gasteiger partial charge in [-0.1, -0.05) is 76.6 Å². The van der Waals surface area contributed by atoms with Crippen molar-refractivity contribution in [3.8, 4) is 0 Å². The molecule has 0 radical (unpaired) electrons. The Kier molecular flexibility index (Phi) is 14.5. The highest BCUT2D eigenvalue weighted by molar-refractivity contribution is 7.86. The number of ketones is 1. The summed E-state index contributed by atoms with van der Waals surface area (Å²) in [6, 6.07) is 3.47. The lowest BCUT2D eigenvalue weighted by molar-refractivity contribution is -0.143. The number of amides is 5. The number of carbonyl (C=O) groups excluding carboxylic acids is 5. The van der Waals surface area contributed by atoms with E-state index < -0.39 is 69.3 Å². The molecule has 2 aliphatic carbocycles. The summed E-state index contributed by atoms with van der Waals surface area (Å²) >= 11 is 0. The second-order valence-corrected chi connectivity index (χ2v) is 19.1. The maximum Gasteiger partial charge on any atom is 0.315 e. The van der Waals surface area contributed by atoms with Crippen molar-refractivity contribution in [1.82, 2.24) is 34.8 Å². The van der Waals surface area contributed by atoms with E-state index in [1.165, 1.54) is 31.5 Å². The molecule has 2 fully saturated rings. The highest BCUT2D eigenvalue weighted by atomic mass is 32.2. The minimum atomic E-state index is -3.77. The molecule has 304 valence electrons. The van der Waals surface area contributed by atoms with Crippen LogP contribution < -0.4 is 21.3 Å². The summed E-state index contributed by atoms with van der Waals surface area (Å²) in [6.07, 6.45) is 6.89. The van der Waals surface area contributed by atoms with Gasteiger partial charge in [-0.2, -0.15) is 17.0 Å². The molecule has 4 N–H and O–H groups in total. The zero-order valence-electron chi connectivity index (χ0n) is 33.7. The largest absolute Gasteiger partial charge is 0.346 e. The molecule has 5 amide bonds. The Morgan fingerprint density at radius 3 is 2.13 bits per heavy atom. The fraction of sp³-hybridized carbons (Fsp3) is 0.625. The lowest BCUT2D eigenvalue weighted by atomic mass is 9.86. The number of rotatable bonds is 17. The molecule has 5 atom stereocenters. The molecule has 1 saturated carbocycles. The number of fused-ring (bicyclic) bond motifs is 1. The van der Waals surface area contributed by atoms with Crippen LogP contribution in [0.15, 0.2) is 48.6 Å². The number of likely N-dealkylation sites (tertiary alicyclic amines) is 1. The van der Waals surface area contributed by atoms with Crippen LogP contribution in [0.4, 0.5) is 4.79 Å². The Labute approximate surface area is 327 Å². The van der Waals surface area contributed by atoms with Gasteiger partial charge in [-0.25, -0.2) is 4.79 Å². The normalized spacial score (nSPS) is 20.1. The van der Waals surface area contributed by atoms with E-state index in [9.17, 15) is 32.4 Å². The third-order valence-electron chi connectivity index (χ3n) is 10.8. The van der Waals surface area contributed by atoms with Gasteiger partial charge in [0.25, 0.3) is 16.1 Å². The minimum Gasteiger partial charge on any atom is -0.346 e. The van der Waals surface area contributed by atoms with Crippen molar-refractivity contribution in [3.05, 3.63) is 59.7 Å². The zero-order valence-corrected chi connectivity index (χ0v) is 34.5. The molecule has 0 spiro atoms. The molecule has 1 aromatic carbocycles. The van der Waals surface area contributed by atoms with Gasteiger partial charge >= 0.3 is 6.03 Å². The van der Waals surface area contributed by atoms with Crippen LogP contribution >= 0.6 is 0 Å². The van der Waals surface area contributed by atoms with Gasteiger partial charge in [0.15, 0.2) is 0 Å². The van der Waals surface area contributed by atoms with Crippen LogP contribution in [0.2, 0.25) is 0 Å². The van der Waals surface area contributed by atoms with Gasteiger partial charge in [-0.05, 0) is 72.8 Å². The molecular weight excluding hydrogens is 723 g/mol. The molecular formula is C40H61N7O7S. The minimum absolute atomic E-state index is 0.0160. The molecule has 1 saturated heterocycles. The van der Waals surface area contributed by atoms with Crippen molar-refractivity contribution >= 4 is 39.7 Å². The van der Waals surface area contributed by atoms with Gasteiger partial charge in [0.2, 0.25) is 17.6 Å². The first kappa shape index (κ1) is 43.6. The van der Waals surface area contributed by atoms with E-state index in [4.69, 9.17) is 0 Å². The fourth-order valence-corrected chi connectivity index (χ4v) is 8.39. The Morgan fingerprint density at radius 1 is 0.982 bits per heavy atom. The number of carbonyl (C=O) groups is 5. The van der Waals surface area contributed by atoms with Crippen LogP contribution in [-0.2, 0) is 42.2 Å². The molecule has 1 heterocycles. The Bertz CT molecular complexity index is 1720. The molecule has 0 unspecified atom stereocenters. The first-order valence-corrected chi connectivity index (χ1v) is 20.6.